The lowest BCUT2D eigenvalue weighted by molar-refractivity contribution is -0.128. The average molecular weight is 256 g/mol. The van der Waals surface area contributed by atoms with E-state index in [1.807, 2.05) is 20.8 Å². The van der Waals surface area contributed by atoms with E-state index in [-0.39, 0.29) is 18.1 Å². The Labute approximate surface area is 111 Å². The minimum absolute atomic E-state index is 0.206. The molecule has 1 aliphatic carbocycles. The molecule has 0 bridgehead atoms. The lowest BCUT2D eigenvalue weighted by Gasteiger charge is -2.33. The number of carbonyl (C=O) groups is 1. The summed E-state index contributed by atoms with van der Waals surface area (Å²) in [4.78, 5) is 11.6. The monoisotopic (exact) mass is 256 g/mol. The van der Waals surface area contributed by atoms with Crippen LogP contribution in [0.15, 0.2) is 0 Å². The number of nitrogens with two attached hydrogens (primary N) is 1. The van der Waals surface area contributed by atoms with Crippen molar-refractivity contribution >= 4 is 5.91 Å². The van der Waals surface area contributed by atoms with E-state index in [4.69, 9.17) is 10.5 Å². The van der Waals surface area contributed by atoms with Gasteiger partial charge >= 0.3 is 0 Å². The molecule has 0 spiro atoms. The fourth-order valence-electron chi connectivity index (χ4n) is 2.50. The van der Waals surface area contributed by atoms with E-state index in [0.29, 0.717) is 6.61 Å². The molecule has 0 aromatic rings. The van der Waals surface area contributed by atoms with Gasteiger partial charge in [0.2, 0.25) is 5.91 Å². The number of primary amides is 1. The second kappa shape index (κ2) is 6.53. The van der Waals surface area contributed by atoms with Gasteiger partial charge in [-0.25, -0.2) is 0 Å². The first-order chi connectivity index (χ1) is 8.33. The molecular weight excluding hydrogens is 228 g/mol. The van der Waals surface area contributed by atoms with Crippen LogP contribution in [-0.4, -0.2) is 30.2 Å². The number of hydrogen-bond acceptors (Lipinski definition) is 3. The van der Waals surface area contributed by atoms with E-state index >= 15 is 0 Å². The van der Waals surface area contributed by atoms with Crippen molar-refractivity contribution in [1.29, 1.82) is 0 Å². The third-order valence-corrected chi connectivity index (χ3v) is 3.72. The van der Waals surface area contributed by atoms with E-state index in [0.717, 1.165) is 18.8 Å². The summed E-state index contributed by atoms with van der Waals surface area (Å²) in [5.41, 5.74) is 4.71. The van der Waals surface area contributed by atoms with Gasteiger partial charge < -0.3 is 10.5 Å². The van der Waals surface area contributed by atoms with Crippen LogP contribution in [0, 0.1) is 5.92 Å². The highest BCUT2D eigenvalue weighted by molar-refractivity contribution is 5.84. The summed E-state index contributed by atoms with van der Waals surface area (Å²) in [6, 6.07) is 0.206. The molecule has 0 saturated heterocycles. The lowest BCUT2D eigenvalue weighted by atomic mass is 9.89. The van der Waals surface area contributed by atoms with Crippen molar-refractivity contribution in [2.45, 2.75) is 71.1 Å². The van der Waals surface area contributed by atoms with Crippen LogP contribution in [0.3, 0.4) is 0 Å². The summed E-state index contributed by atoms with van der Waals surface area (Å²) in [6.07, 6.45) is 4.91. The summed E-state index contributed by atoms with van der Waals surface area (Å²) in [6.45, 7) is 8.47. The largest absolute Gasteiger partial charge is 0.376 e. The molecule has 1 saturated carbocycles. The smallest absolute Gasteiger partial charge is 0.239 e. The Bertz CT molecular complexity index is 273. The Balaban J connectivity index is 2.45. The average Bonchev–Trinajstić information content (AvgIpc) is 2.27. The fraction of sp³-hybridized carbons (Fsp3) is 0.929. The highest BCUT2D eigenvalue weighted by Crippen LogP contribution is 2.26. The standard InChI is InChI=1S/C14H28N2O2/c1-10(2)16-14(4,13(15)17)9-18-12-7-5-11(3)6-8-12/h10-12,16H,5-9H2,1-4H3,(H2,15,17). The van der Waals surface area contributed by atoms with Crippen molar-refractivity contribution in [3.8, 4) is 0 Å². The molecule has 0 aromatic carbocycles. The predicted molar refractivity (Wildman–Crippen MR) is 73.2 cm³/mol. The SMILES string of the molecule is CC1CCC(OCC(C)(NC(C)C)C(N)=O)CC1. The van der Waals surface area contributed by atoms with Crippen molar-refractivity contribution in [2.24, 2.45) is 11.7 Å². The molecule has 3 N–H and O–H groups in total. The summed E-state index contributed by atoms with van der Waals surface area (Å²) < 4.78 is 5.90. The fourth-order valence-corrected chi connectivity index (χ4v) is 2.50. The molecule has 0 aromatic heterocycles. The van der Waals surface area contributed by atoms with Gasteiger partial charge in [-0.15, -0.1) is 0 Å². The van der Waals surface area contributed by atoms with Crippen LogP contribution in [0.5, 0.6) is 0 Å². The molecule has 0 radical (unpaired) electrons. The van der Waals surface area contributed by atoms with E-state index in [1.165, 1.54) is 12.8 Å². The van der Waals surface area contributed by atoms with Gasteiger partial charge in [-0.3, -0.25) is 10.1 Å². The number of ether oxygens (including phenoxy) is 1. The van der Waals surface area contributed by atoms with Crippen LogP contribution in [0.25, 0.3) is 0 Å². The Hall–Kier alpha value is -0.610. The molecule has 1 fully saturated rings. The van der Waals surface area contributed by atoms with Gasteiger partial charge in [-0.05, 0) is 52.4 Å². The van der Waals surface area contributed by atoms with E-state index in [1.54, 1.807) is 0 Å². The molecule has 106 valence electrons. The molecule has 0 aliphatic heterocycles. The number of amides is 1. The summed E-state index contributed by atoms with van der Waals surface area (Å²) in [7, 11) is 0. The molecule has 1 amide bonds. The maximum Gasteiger partial charge on any atom is 0.239 e. The van der Waals surface area contributed by atoms with Gasteiger partial charge in [0.1, 0.15) is 5.54 Å². The lowest BCUT2D eigenvalue weighted by Crippen LogP contribution is -2.58. The molecule has 1 aliphatic rings. The Morgan fingerprint density at radius 2 is 1.94 bits per heavy atom. The third-order valence-electron chi connectivity index (χ3n) is 3.72. The van der Waals surface area contributed by atoms with E-state index in [2.05, 4.69) is 12.2 Å². The van der Waals surface area contributed by atoms with Crippen molar-refractivity contribution < 1.29 is 9.53 Å². The number of hydrogen-bond donors (Lipinski definition) is 2. The Morgan fingerprint density at radius 1 is 1.39 bits per heavy atom. The zero-order chi connectivity index (χ0) is 13.8. The van der Waals surface area contributed by atoms with Gasteiger partial charge in [-0.2, -0.15) is 0 Å². The molecule has 0 heterocycles. The van der Waals surface area contributed by atoms with E-state index < -0.39 is 5.54 Å². The maximum atomic E-state index is 11.6. The van der Waals surface area contributed by atoms with Gasteiger partial charge in [0.05, 0.1) is 12.7 Å². The van der Waals surface area contributed by atoms with Crippen LogP contribution in [-0.2, 0) is 9.53 Å². The first-order valence-electron chi connectivity index (χ1n) is 7.02. The van der Waals surface area contributed by atoms with Crippen LogP contribution >= 0.6 is 0 Å². The number of carbonyl (C=O) groups excluding carboxylic acids is 1. The van der Waals surface area contributed by atoms with Gasteiger partial charge in [-0.1, -0.05) is 6.92 Å². The van der Waals surface area contributed by atoms with E-state index in [9.17, 15) is 4.79 Å². The third kappa shape index (κ3) is 4.58. The summed E-state index contributed by atoms with van der Waals surface area (Å²) >= 11 is 0. The predicted octanol–water partition coefficient (Wildman–Crippen LogP) is 1.82. The zero-order valence-corrected chi connectivity index (χ0v) is 12.2. The Morgan fingerprint density at radius 3 is 2.39 bits per heavy atom. The summed E-state index contributed by atoms with van der Waals surface area (Å²) in [5.74, 6) is 0.460. The normalized spacial score (nSPS) is 28.1. The van der Waals surface area contributed by atoms with Crippen LogP contribution < -0.4 is 11.1 Å². The minimum Gasteiger partial charge on any atom is -0.376 e. The molecule has 18 heavy (non-hydrogen) atoms. The van der Waals surface area contributed by atoms with Crippen molar-refractivity contribution in [3.63, 3.8) is 0 Å². The van der Waals surface area contributed by atoms with Gasteiger partial charge in [0.15, 0.2) is 0 Å². The highest BCUT2D eigenvalue weighted by atomic mass is 16.5. The molecule has 4 heteroatoms. The number of nitrogens with one attached hydrogen (secondary N) is 1. The minimum atomic E-state index is -0.767. The maximum absolute atomic E-state index is 11.6. The first-order valence-corrected chi connectivity index (χ1v) is 7.02. The summed E-state index contributed by atoms with van der Waals surface area (Å²) in [5, 5.41) is 3.20. The quantitative estimate of drug-likeness (QED) is 0.762. The van der Waals surface area contributed by atoms with Crippen LogP contribution in [0.2, 0.25) is 0 Å². The topological polar surface area (TPSA) is 64.3 Å². The number of rotatable bonds is 6. The molecule has 1 atom stereocenters. The first kappa shape index (κ1) is 15.4. The molecule has 4 nitrogen and oxygen atoms in total. The zero-order valence-electron chi connectivity index (χ0n) is 12.2. The highest BCUT2D eigenvalue weighted by Gasteiger charge is 2.33. The van der Waals surface area contributed by atoms with Gasteiger partial charge in [0, 0.05) is 6.04 Å². The van der Waals surface area contributed by atoms with Crippen molar-refractivity contribution in [1.82, 2.24) is 5.32 Å². The van der Waals surface area contributed by atoms with Crippen LogP contribution in [0.4, 0.5) is 0 Å². The second-order valence-electron chi connectivity index (χ2n) is 6.19. The second-order valence-corrected chi connectivity index (χ2v) is 6.19. The van der Waals surface area contributed by atoms with Crippen molar-refractivity contribution in [2.75, 3.05) is 6.61 Å². The molecule has 1 rings (SSSR count). The molecular formula is C14H28N2O2. The molecule has 1 unspecified atom stereocenters. The Kier molecular flexibility index (Phi) is 5.60. The van der Waals surface area contributed by atoms with Crippen LogP contribution in [0.1, 0.15) is 53.4 Å². The van der Waals surface area contributed by atoms with Crippen molar-refractivity contribution in [3.05, 3.63) is 0 Å². The van der Waals surface area contributed by atoms with Gasteiger partial charge in [0.25, 0.3) is 0 Å².